The zero-order valence-electron chi connectivity index (χ0n) is 16.5. The summed E-state index contributed by atoms with van der Waals surface area (Å²) in [6, 6.07) is 7.89. The Bertz CT molecular complexity index is 725. The first-order chi connectivity index (χ1) is 12.9. The smallest absolute Gasteiger partial charge is 0.111 e. The minimum absolute atomic E-state index is 0.666. The number of benzene rings is 1. The molecule has 4 nitrogen and oxygen atoms in total. The van der Waals surface area contributed by atoms with E-state index in [0.29, 0.717) is 5.92 Å². The van der Waals surface area contributed by atoms with E-state index < -0.39 is 0 Å². The van der Waals surface area contributed by atoms with Gasteiger partial charge in [-0.2, -0.15) is 0 Å². The molecule has 1 aromatic carbocycles. The van der Waals surface area contributed by atoms with E-state index in [-0.39, 0.29) is 0 Å². The topological polar surface area (TPSA) is 33.1 Å². The molecule has 26 heavy (non-hydrogen) atoms. The molecule has 142 valence electrons. The standard InChI is InChI=1S/C20H28N4.C2H6/c1-4-17(5-1)23-10-8-20-22-18-13-15(16-3-2-9-21-14-16)6-7-19(18)24(20)12-11-23;1-2/h6-7,13,16-17,21H,1-5,8-12,14H2;1-2H3. The lowest BCUT2D eigenvalue weighted by atomic mass is 9.91. The highest BCUT2D eigenvalue weighted by molar-refractivity contribution is 5.77. The van der Waals surface area contributed by atoms with E-state index in [1.165, 1.54) is 74.2 Å². The van der Waals surface area contributed by atoms with Gasteiger partial charge < -0.3 is 9.88 Å². The van der Waals surface area contributed by atoms with Gasteiger partial charge in [-0.05, 0) is 55.8 Å². The largest absolute Gasteiger partial charge is 0.327 e. The van der Waals surface area contributed by atoms with Crippen LogP contribution in [0, 0.1) is 0 Å². The number of piperidine rings is 1. The Morgan fingerprint density at radius 1 is 1.04 bits per heavy atom. The van der Waals surface area contributed by atoms with Crippen molar-refractivity contribution in [3.8, 4) is 0 Å². The summed E-state index contributed by atoms with van der Waals surface area (Å²) in [5.74, 6) is 1.96. The fourth-order valence-electron chi connectivity index (χ4n) is 4.73. The Kier molecular flexibility index (Phi) is 5.60. The number of nitrogens with one attached hydrogen (secondary N) is 1. The summed E-state index contributed by atoms with van der Waals surface area (Å²) in [5.41, 5.74) is 4.03. The van der Waals surface area contributed by atoms with Crippen LogP contribution in [0.5, 0.6) is 0 Å². The Hall–Kier alpha value is -1.39. The molecule has 1 unspecified atom stereocenters. The van der Waals surface area contributed by atoms with E-state index in [9.17, 15) is 0 Å². The third kappa shape index (κ3) is 3.41. The van der Waals surface area contributed by atoms with Crippen molar-refractivity contribution in [1.29, 1.82) is 0 Å². The molecule has 5 rings (SSSR count). The van der Waals surface area contributed by atoms with E-state index in [1.807, 2.05) is 13.8 Å². The van der Waals surface area contributed by atoms with Gasteiger partial charge in [0.1, 0.15) is 5.82 Å². The van der Waals surface area contributed by atoms with Gasteiger partial charge in [0.25, 0.3) is 0 Å². The van der Waals surface area contributed by atoms with Crippen molar-refractivity contribution in [2.75, 3.05) is 26.2 Å². The lowest BCUT2D eigenvalue weighted by Gasteiger charge is -2.36. The summed E-state index contributed by atoms with van der Waals surface area (Å²) in [6.07, 6.45) is 7.93. The molecule has 2 aromatic rings. The first-order valence-electron chi connectivity index (χ1n) is 10.8. The molecule has 1 aromatic heterocycles. The average molecular weight is 355 g/mol. The minimum atomic E-state index is 0.666. The Morgan fingerprint density at radius 3 is 2.65 bits per heavy atom. The van der Waals surface area contributed by atoms with Gasteiger partial charge in [-0.15, -0.1) is 0 Å². The van der Waals surface area contributed by atoms with Crippen LogP contribution in [0.25, 0.3) is 11.0 Å². The predicted molar refractivity (Wildman–Crippen MR) is 109 cm³/mol. The number of fused-ring (bicyclic) bond motifs is 3. The zero-order chi connectivity index (χ0) is 17.9. The molecule has 2 aliphatic heterocycles. The second kappa shape index (κ2) is 8.10. The summed E-state index contributed by atoms with van der Waals surface area (Å²) in [5, 5.41) is 3.53. The normalized spacial score (nSPS) is 24.3. The van der Waals surface area contributed by atoms with E-state index >= 15 is 0 Å². The molecule has 2 fully saturated rings. The fraction of sp³-hybridized carbons (Fsp3) is 0.682. The Morgan fingerprint density at radius 2 is 1.92 bits per heavy atom. The summed E-state index contributed by atoms with van der Waals surface area (Å²) < 4.78 is 2.48. The number of rotatable bonds is 2. The number of nitrogens with zero attached hydrogens (tertiary/aromatic N) is 3. The van der Waals surface area contributed by atoms with Crippen molar-refractivity contribution >= 4 is 11.0 Å². The van der Waals surface area contributed by atoms with Crippen LogP contribution in [0.3, 0.4) is 0 Å². The van der Waals surface area contributed by atoms with Crippen LogP contribution in [0.1, 0.15) is 63.3 Å². The second-order valence-corrected chi connectivity index (χ2v) is 7.84. The summed E-state index contributed by atoms with van der Waals surface area (Å²) in [4.78, 5) is 7.72. The first kappa shape index (κ1) is 18.0. The van der Waals surface area contributed by atoms with Crippen LogP contribution >= 0.6 is 0 Å². The van der Waals surface area contributed by atoms with Crippen LogP contribution < -0.4 is 5.32 Å². The Balaban J connectivity index is 0.000000814. The highest BCUT2D eigenvalue weighted by atomic mass is 15.2. The maximum Gasteiger partial charge on any atom is 0.111 e. The van der Waals surface area contributed by atoms with Crippen molar-refractivity contribution in [1.82, 2.24) is 19.8 Å². The molecule has 0 radical (unpaired) electrons. The number of hydrogen-bond acceptors (Lipinski definition) is 3. The summed E-state index contributed by atoms with van der Waals surface area (Å²) in [7, 11) is 0. The molecular weight excluding hydrogens is 320 g/mol. The van der Waals surface area contributed by atoms with Crippen molar-refractivity contribution in [3.05, 3.63) is 29.6 Å². The fourth-order valence-corrected chi connectivity index (χ4v) is 4.73. The van der Waals surface area contributed by atoms with Crippen LogP contribution in [-0.2, 0) is 13.0 Å². The van der Waals surface area contributed by atoms with Gasteiger partial charge in [-0.25, -0.2) is 4.98 Å². The van der Waals surface area contributed by atoms with Crippen molar-refractivity contribution < 1.29 is 0 Å². The second-order valence-electron chi connectivity index (χ2n) is 7.84. The number of imidazole rings is 1. The average Bonchev–Trinajstić information content (AvgIpc) is 2.89. The zero-order valence-corrected chi connectivity index (χ0v) is 16.5. The predicted octanol–water partition coefficient (Wildman–Crippen LogP) is 3.94. The van der Waals surface area contributed by atoms with Gasteiger partial charge in [-0.3, -0.25) is 4.90 Å². The highest BCUT2D eigenvalue weighted by Crippen LogP contribution is 2.29. The van der Waals surface area contributed by atoms with Gasteiger partial charge in [0, 0.05) is 38.6 Å². The maximum absolute atomic E-state index is 5.02. The van der Waals surface area contributed by atoms with Crippen LogP contribution in [0.2, 0.25) is 0 Å². The maximum atomic E-state index is 5.02. The molecule has 0 bridgehead atoms. The molecule has 1 aliphatic carbocycles. The molecule has 3 aliphatic rings. The lowest BCUT2D eigenvalue weighted by Crippen LogP contribution is -2.41. The van der Waals surface area contributed by atoms with Gasteiger partial charge >= 0.3 is 0 Å². The monoisotopic (exact) mass is 354 g/mol. The SMILES string of the molecule is CC.c1cc2c(cc1C1CCCNC1)nc1n2CCN(C2CCC2)CC1. The molecule has 1 saturated carbocycles. The van der Waals surface area contributed by atoms with Crippen molar-refractivity contribution in [2.24, 2.45) is 0 Å². The highest BCUT2D eigenvalue weighted by Gasteiger charge is 2.27. The summed E-state index contributed by atoms with van der Waals surface area (Å²) in [6.45, 7) is 9.78. The van der Waals surface area contributed by atoms with Gasteiger partial charge in [0.05, 0.1) is 11.0 Å². The molecule has 1 saturated heterocycles. The van der Waals surface area contributed by atoms with Gasteiger partial charge in [0.15, 0.2) is 0 Å². The van der Waals surface area contributed by atoms with Gasteiger partial charge in [0.2, 0.25) is 0 Å². The van der Waals surface area contributed by atoms with Crippen LogP contribution in [0.15, 0.2) is 18.2 Å². The molecule has 1 N–H and O–H groups in total. The van der Waals surface area contributed by atoms with Gasteiger partial charge in [-0.1, -0.05) is 26.3 Å². The van der Waals surface area contributed by atoms with Crippen LogP contribution in [0.4, 0.5) is 0 Å². The van der Waals surface area contributed by atoms with Crippen molar-refractivity contribution in [3.63, 3.8) is 0 Å². The molecule has 0 amide bonds. The van der Waals surface area contributed by atoms with E-state index in [2.05, 4.69) is 33.0 Å². The third-order valence-electron chi connectivity index (χ3n) is 6.44. The lowest BCUT2D eigenvalue weighted by molar-refractivity contribution is 0.130. The molecule has 4 heteroatoms. The minimum Gasteiger partial charge on any atom is -0.327 e. The van der Waals surface area contributed by atoms with E-state index in [1.54, 1.807) is 0 Å². The number of hydrogen-bond donors (Lipinski definition) is 1. The molecule has 0 spiro atoms. The molecular formula is C22H34N4. The molecule has 1 atom stereocenters. The number of aromatic nitrogens is 2. The van der Waals surface area contributed by atoms with E-state index in [0.717, 1.165) is 25.6 Å². The summed E-state index contributed by atoms with van der Waals surface area (Å²) >= 11 is 0. The Labute approximate surface area is 158 Å². The van der Waals surface area contributed by atoms with Crippen molar-refractivity contribution in [2.45, 2.75) is 70.9 Å². The van der Waals surface area contributed by atoms with Crippen LogP contribution in [-0.4, -0.2) is 46.7 Å². The quantitative estimate of drug-likeness (QED) is 0.887. The third-order valence-corrected chi connectivity index (χ3v) is 6.44. The molecule has 3 heterocycles. The first-order valence-corrected chi connectivity index (χ1v) is 10.8. The van der Waals surface area contributed by atoms with E-state index in [4.69, 9.17) is 4.98 Å².